The van der Waals surface area contributed by atoms with E-state index in [9.17, 15) is 20.4 Å². The van der Waals surface area contributed by atoms with E-state index in [-0.39, 0.29) is 12.6 Å². The van der Waals surface area contributed by atoms with Gasteiger partial charge in [0.05, 0.1) is 18.2 Å². The fraction of sp³-hybridized carbons (Fsp3) is 1.00. The lowest BCUT2D eigenvalue weighted by Gasteiger charge is -2.63. The molecule has 0 radical (unpaired) electrons. The third-order valence-electron chi connectivity index (χ3n) is 3.68. The second kappa shape index (κ2) is 3.15. The average molecular weight is 203 g/mol. The van der Waals surface area contributed by atoms with Gasteiger partial charge in [-0.1, -0.05) is 0 Å². The third-order valence-corrected chi connectivity index (χ3v) is 3.68. The van der Waals surface area contributed by atoms with E-state index < -0.39 is 23.9 Å². The van der Waals surface area contributed by atoms with Crippen LogP contribution in [-0.2, 0) is 0 Å². The van der Waals surface area contributed by atoms with Crippen molar-refractivity contribution in [1.82, 2.24) is 4.90 Å². The van der Waals surface area contributed by atoms with Crippen LogP contribution in [-0.4, -0.2) is 68.4 Å². The van der Waals surface area contributed by atoms with E-state index in [1.165, 1.54) is 0 Å². The molecule has 0 bridgehead atoms. The Kier molecular flexibility index (Phi) is 2.32. The largest absolute Gasteiger partial charge is 0.394 e. The van der Waals surface area contributed by atoms with Crippen molar-refractivity contribution in [2.24, 2.45) is 0 Å². The van der Waals surface area contributed by atoms with Gasteiger partial charge in [-0.25, -0.2) is 0 Å². The van der Waals surface area contributed by atoms with E-state index >= 15 is 0 Å². The summed E-state index contributed by atoms with van der Waals surface area (Å²) in [4.78, 5) is 1.87. The Bertz CT molecular complexity index is 233. The van der Waals surface area contributed by atoms with Gasteiger partial charge in [-0.05, 0) is 13.3 Å². The zero-order chi connectivity index (χ0) is 10.5. The summed E-state index contributed by atoms with van der Waals surface area (Å²) in [5.74, 6) is 0. The van der Waals surface area contributed by atoms with E-state index in [0.717, 1.165) is 0 Å². The summed E-state index contributed by atoms with van der Waals surface area (Å²) in [5.41, 5.74) is -0.724. The number of rotatable bonds is 1. The van der Waals surface area contributed by atoms with Gasteiger partial charge in [-0.3, -0.25) is 4.90 Å². The molecule has 0 amide bonds. The van der Waals surface area contributed by atoms with Gasteiger partial charge >= 0.3 is 0 Å². The summed E-state index contributed by atoms with van der Waals surface area (Å²) in [6, 6.07) is 0.249. The molecule has 0 spiro atoms. The summed E-state index contributed by atoms with van der Waals surface area (Å²) >= 11 is 0. The molecule has 2 heterocycles. The van der Waals surface area contributed by atoms with Crippen LogP contribution in [0.1, 0.15) is 13.3 Å². The first-order valence-electron chi connectivity index (χ1n) is 4.95. The zero-order valence-corrected chi connectivity index (χ0v) is 8.17. The lowest BCUT2D eigenvalue weighted by molar-refractivity contribution is -0.243. The highest BCUT2D eigenvalue weighted by molar-refractivity contribution is 5.14. The van der Waals surface area contributed by atoms with Crippen LogP contribution in [0.5, 0.6) is 0 Å². The molecule has 2 aliphatic rings. The molecule has 2 aliphatic heterocycles. The van der Waals surface area contributed by atoms with Crippen LogP contribution in [0.3, 0.4) is 0 Å². The van der Waals surface area contributed by atoms with Gasteiger partial charge in [0.15, 0.2) is 0 Å². The van der Waals surface area contributed by atoms with Gasteiger partial charge in [0.1, 0.15) is 12.2 Å². The summed E-state index contributed by atoms with van der Waals surface area (Å²) < 4.78 is 0. The van der Waals surface area contributed by atoms with Crippen molar-refractivity contribution < 1.29 is 20.4 Å². The standard InChI is InChI=1S/C9H17NO4/c1-5-2-9(4-11)8(14)7(13)6(12)3-10(5)9/h5-8,11-14H,2-4H2,1H3/t5-,6?,7?,8?,9?/m1/s1. The summed E-state index contributed by atoms with van der Waals surface area (Å²) in [5, 5.41) is 38.0. The Morgan fingerprint density at radius 2 is 2.00 bits per heavy atom. The van der Waals surface area contributed by atoms with Gasteiger partial charge in [-0.15, -0.1) is 0 Å². The maximum Gasteiger partial charge on any atom is 0.109 e. The minimum absolute atomic E-state index is 0.178. The Morgan fingerprint density at radius 1 is 1.36 bits per heavy atom. The summed E-state index contributed by atoms with van der Waals surface area (Å²) in [6.45, 7) is 2.12. The lowest BCUT2D eigenvalue weighted by atomic mass is 9.69. The van der Waals surface area contributed by atoms with Crippen LogP contribution in [0.4, 0.5) is 0 Å². The van der Waals surface area contributed by atoms with Crippen LogP contribution in [0.25, 0.3) is 0 Å². The van der Waals surface area contributed by atoms with Crippen molar-refractivity contribution in [3.8, 4) is 0 Å². The Labute approximate surface area is 82.6 Å². The molecular formula is C9H17NO4. The molecular weight excluding hydrogens is 186 g/mol. The Hall–Kier alpha value is -0.200. The second-order valence-electron chi connectivity index (χ2n) is 4.47. The molecule has 5 atom stereocenters. The van der Waals surface area contributed by atoms with Gasteiger partial charge in [-0.2, -0.15) is 0 Å². The van der Waals surface area contributed by atoms with Crippen LogP contribution >= 0.6 is 0 Å². The number of aliphatic hydroxyl groups is 4. The van der Waals surface area contributed by atoms with Crippen molar-refractivity contribution in [2.45, 2.75) is 43.2 Å². The van der Waals surface area contributed by atoms with E-state index in [2.05, 4.69) is 0 Å². The van der Waals surface area contributed by atoms with Crippen LogP contribution in [0, 0.1) is 0 Å². The molecule has 5 nitrogen and oxygen atoms in total. The van der Waals surface area contributed by atoms with E-state index in [4.69, 9.17) is 0 Å². The first-order valence-corrected chi connectivity index (χ1v) is 4.95. The first kappa shape index (κ1) is 10.3. The predicted octanol–water partition coefficient (Wildman–Crippen LogP) is -2.09. The first-order chi connectivity index (χ1) is 6.53. The highest BCUT2D eigenvalue weighted by atomic mass is 16.4. The molecule has 2 rings (SSSR count). The van der Waals surface area contributed by atoms with E-state index in [1.807, 2.05) is 11.8 Å². The zero-order valence-electron chi connectivity index (χ0n) is 8.17. The number of β-amino-alcohol motifs (C(OH)–C–C–N with tert-alkyl or cyclic N) is 1. The maximum atomic E-state index is 9.79. The number of hydrogen-bond acceptors (Lipinski definition) is 5. The van der Waals surface area contributed by atoms with Crippen LogP contribution < -0.4 is 0 Å². The quantitative estimate of drug-likeness (QED) is 0.393. The summed E-state index contributed by atoms with van der Waals surface area (Å²) in [7, 11) is 0. The number of fused-ring (bicyclic) bond motifs is 1. The molecule has 4 N–H and O–H groups in total. The fourth-order valence-corrected chi connectivity index (χ4v) is 2.80. The van der Waals surface area contributed by atoms with Crippen molar-refractivity contribution in [2.75, 3.05) is 13.2 Å². The highest BCUT2D eigenvalue weighted by Gasteiger charge is 2.60. The Balaban J connectivity index is 2.22. The van der Waals surface area contributed by atoms with Crippen molar-refractivity contribution in [3.63, 3.8) is 0 Å². The number of nitrogens with zero attached hydrogens (tertiary/aromatic N) is 1. The average Bonchev–Trinajstić information content (AvgIpc) is 2.18. The topological polar surface area (TPSA) is 84.2 Å². The molecule has 2 fully saturated rings. The molecule has 2 saturated heterocycles. The van der Waals surface area contributed by atoms with Gasteiger partial charge in [0, 0.05) is 12.6 Å². The van der Waals surface area contributed by atoms with E-state index in [1.54, 1.807) is 0 Å². The third kappa shape index (κ3) is 1.07. The molecule has 0 aliphatic carbocycles. The summed E-state index contributed by atoms with van der Waals surface area (Å²) in [6.07, 6.45) is -2.47. The minimum atomic E-state index is -1.15. The smallest absolute Gasteiger partial charge is 0.109 e. The van der Waals surface area contributed by atoms with E-state index in [0.29, 0.717) is 13.0 Å². The number of aliphatic hydroxyl groups excluding tert-OH is 4. The Morgan fingerprint density at radius 3 is 2.50 bits per heavy atom. The lowest BCUT2D eigenvalue weighted by Crippen LogP contribution is -2.79. The van der Waals surface area contributed by atoms with Crippen molar-refractivity contribution in [3.05, 3.63) is 0 Å². The molecule has 0 aromatic heterocycles. The fourth-order valence-electron chi connectivity index (χ4n) is 2.80. The van der Waals surface area contributed by atoms with Crippen molar-refractivity contribution in [1.29, 1.82) is 0 Å². The SMILES string of the molecule is C[C@@H]1CC2(CO)C(O)C(O)C(O)CN12. The molecule has 0 aromatic carbocycles. The molecule has 0 saturated carbocycles. The van der Waals surface area contributed by atoms with Gasteiger partial charge < -0.3 is 20.4 Å². The van der Waals surface area contributed by atoms with Crippen LogP contribution in [0.15, 0.2) is 0 Å². The number of hydrogen-bond donors (Lipinski definition) is 4. The molecule has 5 heteroatoms. The maximum absolute atomic E-state index is 9.79. The molecule has 0 aromatic rings. The second-order valence-corrected chi connectivity index (χ2v) is 4.47. The van der Waals surface area contributed by atoms with Gasteiger partial charge in [0.25, 0.3) is 0 Å². The predicted molar refractivity (Wildman–Crippen MR) is 48.6 cm³/mol. The monoisotopic (exact) mass is 203 g/mol. The van der Waals surface area contributed by atoms with Crippen molar-refractivity contribution >= 4 is 0 Å². The minimum Gasteiger partial charge on any atom is -0.394 e. The normalized spacial score (nSPS) is 53.8. The number of piperidine rings is 1. The molecule has 82 valence electrons. The molecule has 14 heavy (non-hydrogen) atoms. The van der Waals surface area contributed by atoms with Gasteiger partial charge in [0.2, 0.25) is 0 Å². The highest BCUT2D eigenvalue weighted by Crippen LogP contribution is 2.43. The molecule has 4 unspecified atom stereocenters. The van der Waals surface area contributed by atoms with Crippen LogP contribution in [0.2, 0.25) is 0 Å².